The van der Waals surface area contributed by atoms with Crippen LogP contribution in [0.5, 0.6) is 0 Å². The van der Waals surface area contributed by atoms with Crippen molar-refractivity contribution < 1.29 is 13.3 Å². The summed E-state index contributed by atoms with van der Waals surface area (Å²) < 4.78 is 26.9. The first-order valence-electron chi connectivity index (χ1n) is 8.24. The normalized spacial score (nSPS) is 12.4. The molecule has 0 aromatic heterocycles. The first kappa shape index (κ1) is 20.1. The molecule has 0 aliphatic rings. The van der Waals surface area contributed by atoms with Crippen LogP contribution in [0.3, 0.4) is 0 Å². The van der Waals surface area contributed by atoms with Crippen LogP contribution in [0.1, 0.15) is 37.5 Å². The number of hydrogen-bond donors (Lipinski definition) is 0. The van der Waals surface area contributed by atoms with E-state index in [0.29, 0.717) is 5.56 Å². The van der Waals surface area contributed by atoms with Gasteiger partial charge in [0.1, 0.15) is 0 Å². The molecule has 0 saturated carbocycles. The summed E-state index contributed by atoms with van der Waals surface area (Å²) in [7, 11) is -2.36. The minimum atomic E-state index is -3.83. The van der Waals surface area contributed by atoms with Gasteiger partial charge in [0.25, 0.3) is 5.69 Å². The summed E-state index contributed by atoms with van der Waals surface area (Å²) in [5, 5.41) is 11.0. The monoisotopic (exact) mass is 376 g/mol. The third-order valence-electron chi connectivity index (χ3n) is 4.30. The van der Waals surface area contributed by atoms with Gasteiger partial charge < -0.3 is 0 Å². The lowest BCUT2D eigenvalue weighted by atomic mass is 9.87. The number of hydrogen-bond acceptors (Lipinski definition) is 4. The van der Waals surface area contributed by atoms with Crippen LogP contribution in [-0.4, -0.2) is 24.7 Å². The number of nitrogens with zero attached hydrogens (tertiary/aromatic N) is 2. The van der Waals surface area contributed by atoms with Crippen LogP contribution in [0.2, 0.25) is 0 Å². The fourth-order valence-corrected chi connectivity index (χ4v) is 4.00. The van der Waals surface area contributed by atoms with Gasteiger partial charge in [0.15, 0.2) is 0 Å². The molecule has 7 heteroatoms. The van der Waals surface area contributed by atoms with Crippen molar-refractivity contribution in [2.24, 2.45) is 0 Å². The van der Waals surface area contributed by atoms with Gasteiger partial charge in [-0.3, -0.25) is 10.1 Å². The van der Waals surface area contributed by atoms with Crippen LogP contribution in [0.25, 0.3) is 0 Å². The van der Waals surface area contributed by atoms with Gasteiger partial charge in [-0.25, -0.2) is 8.42 Å². The highest BCUT2D eigenvalue weighted by Crippen LogP contribution is 2.26. The Balaban J connectivity index is 2.30. The van der Waals surface area contributed by atoms with Gasteiger partial charge in [0, 0.05) is 25.7 Å². The van der Waals surface area contributed by atoms with Crippen LogP contribution in [0, 0.1) is 17.0 Å². The van der Waals surface area contributed by atoms with E-state index in [9.17, 15) is 18.5 Å². The third kappa shape index (κ3) is 4.28. The summed E-state index contributed by atoms with van der Waals surface area (Å²) >= 11 is 0. The van der Waals surface area contributed by atoms with Crippen molar-refractivity contribution in [3.8, 4) is 0 Å². The van der Waals surface area contributed by atoms with Crippen molar-refractivity contribution >= 4 is 15.7 Å². The Bertz CT molecular complexity index is 914. The number of sulfonamides is 1. The van der Waals surface area contributed by atoms with Crippen molar-refractivity contribution in [2.75, 3.05) is 7.05 Å². The SMILES string of the molecule is Cc1ccc([N+](=O)[O-])cc1S(=O)(=O)N(C)Cc1ccc(C(C)(C)C)cc1. The molecule has 140 valence electrons. The standard InChI is InChI=1S/C19H24N2O4S/c1-14-6-11-17(21(22)23)12-18(14)26(24,25)20(5)13-15-7-9-16(10-8-15)19(2,3)4/h6-12H,13H2,1-5H3. The molecule has 0 saturated heterocycles. The van der Waals surface area contributed by atoms with E-state index < -0.39 is 14.9 Å². The molecule has 0 fully saturated rings. The molecule has 26 heavy (non-hydrogen) atoms. The molecule has 0 amide bonds. The van der Waals surface area contributed by atoms with Crippen molar-refractivity contribution in [2.45, 2.75) is 44.6 Å². The summed E-state index contributed by atoms with van der Waals surface area (Å²) in [5.41, 5.74) is 2.28. The molecule has 0 atom stereocenters. The zero-order valence-corrected chi connectivity index (χ0v) is 16.5. The van der Waals surface area contributed by atoms with Gasteiger partial charge in [-0.2, -0.15) is 4.31 Å². The molecule has 0 spiro atoms. The van der Waals surface area contributed by atoms with Gasteiger partial charge >= 0.3 is 0 Å². The number of nitro benzene ring substituents is 1. The zero-order valence-electron chi connectivity index (χ0n) is 15.7. The fraction of sp³-hybridized carbons (Fsp3) is 0.368. The maximum absolute atomic E-state index is 12.9. The van der Waals surface area contributed by atoms with E-state index in [1.54, 1.807) is 6.92 Å². The quantitative estimate of drug-likeness (QED) is 0.583. The van der Waals surface area contributed by atoms with Crippen LogP contribution in [-0.2, 0) is 22.0 Å². The number of non-ortho nitro benzene ring substituents is 1. The topological polar surface area (TPSA) is 80.5 Å². The summed E-state index contributed by atoms with van der Waals surface area (Å²) in [6.07, 6.45) is 0. The lowest BCUT2D eigenvalue weighted by Crippen LogP contribution is -2.27. The minimum absolute atomic E-state index is 0.0244. The molecule has 0 heterocycles. The Labute approximate surface area is 154 Å². The van der Waals surface area contributed by atoms with Gasteiger partial charge in [-0.1, -0.05) is 51.1 Å². The minimum Gasteiger partial charge on any atom is -0.258 e. The lowest BCUT2D eigenvalue weighted by molar-refractivity contribution is -0.385. The molecular formula is C19H24N2O4S. The molecule has 2 rings (SSSR count). The van der Waals surface area contributed by atoms with Crippen molar-refractivity contribution in [3.63, 3.8) is 0 Å². The average molecular weight is 376 g/mol. The van der Waals surface area contributed by atoms with Gasteiger partial charge in [-0.15, -0.1) is 0 Å². The van der Waals surface area contributed by atoms with E-state index in [-0.39, 0.29) is 22.5 Å². The van der Waals surface area contributed by atoms with E-state index in [4.69, 9.17) is 0 Å². The van der Waals surface area contributed by atoms with Crippen LogP contribution < -0.4 is 0 Å². The maximum Gasteiger partial charge on any atom is 0.270 e. The highest BCUT2D eigenvalue weighted by atomic mass is 32.2. The Morgan fingerprint density at radius 2 is 1.65 bits per heavy atom. The Morgan fingerprint density at radius 3 is 2.15 bits per heavy atom. The van der Waals surface area contributed by atoms with E-state index in [1.807, 2.05) is 24.3 Å². The largest absolute Gasteiger partial charge is 0.270 e. The van der Waals surface area contributed by atoms with Gasteiger partial charge in [0.2, 0.25) is 10.0 Å². The van der Waals surface area contributed by atoms with Crippen molar-refractivity contribution in [3.05, 3.63) is 69.3 Å². The highest BCUT2D eigenvalue weighted by molar-refractivity contribution is 7.89. The van der Waals surface area contributed by atoms with E-state index >= 15 is 0 Å². The molecule has 2 aromatic rings. The second-order valence-corrected chi connectivity index (χ2v) is 9.43. The fourth-order valence-electron chi connectivity index (χ4n) is 2.60. The van der Waals surface area contributed by atoms with E-state index in [0.717, 1.165) is 11.6 Å². The molecule has 0 radical (unpaired) electrons. The number of benzene rings is 2. The molecule has 0 bridgehead atoms. The predicted octanol–water partition coefficient (Wildman–Crippen LogP) is 4.02. The second-order valence-electron chi connectivity index (χ2n) is 7.41. The second kappa shape index (κ2) is 7.17. The number of aryl methyl sites for hydroxylation is 1. The Kier molecular flexibility index (Phi) is 5.53. The third-order valence-corrected chi connectivity index (χ3v) is 6.24. The van der Waals surface area contributed by atoms with Crippen LogP contribution in [0.15, 0.2) is 47.4 Å². The summed E-state index contributed by atoms with van der Waals surface area (Å²) in [4.78, 5) is 10.3. The molecular weight excluding hydrogens is 352 g/mol. The number of nitro groups is 1. The molecule has 0 N–H and O–H groups in total. The van der Waals surface area contributed by atoms with Gasteiger partial charge in [-0.05, 0) is 29.0 Å². The Morgan fingerprint density at radius 1 is 1.08 bits per heavy atom. The predicted molar refractivity (Wildman–Crippen MR) is 102 cm³/mol. The average Bonchev–Trinajstić information content (AvgIpc) is 2.54. The van der Waals surface area contributed by atoms with Gasteiger partial charge in [0.05, 0.1) is 9.82 Å². The van der Waals surface area contributed by atoms with Crippen molar-refractivity contribution in [1.29, 1.82) is 0 Å². The molecule has 0 unspecified atom stereocenters. The molecule has 0 aliphatic carbocycles. The molecule has 2 aromatic carbocycles. The maximum atomic E-state index is 12.9. The summed E-state index contributed by atoms with van der Waals surface area (Å²) in [6.45, 7) is 8.16. The summed E-state index contributed by atoms with van der Waals surface area (Å²) in [5.74, 6) is 0. The lowest BCUT2D eigenvalue weighted by Gasteiger charge is -2.21. The van der Waals surface area contributed by atoms with E-state index in [1.165, 1.54) is 29.0 Å². The highest BCUT2D eigenvalue weighted by Gasteiger charge is 2.25. The Hall–Kier alpha value is -2.25. The number of rotatable bonds is 5. The van der Waals surface area contributed by atoms with Crippen LogP contribution >= 0.6 is 0 Å². The first-order chi connectivity index (χ1) is 11.9. The molecule has 6 nitrogen and oxygen atoms in total. The van der Waals surface area contributed by atoms with Crippen LogP contribution in [0.4, 0.5) is 5.69 Å². The smallest absolute Gasteiger partial charge is 0.258 e. The van der Waals surface area contributed by atoms with E-state index in [2.05, 4.69) is 20.8 Å². The summed E-state index contributed by atoms with van der Waals surface area (Å²) in [6, 6.07) is 11.7. The molecule has 0 aliphatic heterocycles. The first-order valence-corrected chi connectivity index (χ1v) is 9.68. The van der Waals surface area contributed by atoms with Crippen molar-refractivity contribution in [1.82, 2.24) is 4.31 Å². The zero-order chi connectivity index (χ0) is 19.7.